The summed E-state index contributed by atoms with van der Waals surface area (Å²) in [4.78, 5) is 13.1. The Kier molecular flexibility index (Phi) is 3.32. The quantitative estimate of drug-likeness (QED) is 0.527. The Labute approximate surface area is 66.7 Å². The number of amides is 1. The molecule has 3 N–H and O–H groups in total. The van der Waals surface area contributed by atoms with Crippen LogP contribution in [0.15, 0.2) is 0 Å². The third-order valence-electron chi connectivity index (χ3n) is 1.83. The van der Waals surface area contributed by atoms with Gasteiger partial charge in [-0.2, -0.15) is 0 Å². The van der Waals surface area contributed by atoms with Gasteiger partial charge in [0.2, 0.25) is 5.91 Å². The predicted octanol–water partition coefficient (Wildman–Crippen LogP) is -1.23. The highest BCUT2D eigenvalue weighted by Crippen LogP contribution is 1.95. The van der Waals surface area contributed by atoms with Crippen LogP contribution >= 0.6 is 0 Å². The summed E-state index contributed by atoms with van der Waals surface area (Å²) in [6.07, 6.45) is 0.611. The Morgan fingerprint density at radius 2 is 2.36 bits per heavy atom. The topological polar surface area (TPSA) is 58.4 Å². The first-order chi connectivity index (χ1) is 5.34. The van der Waals surface area contributed by atoms with Gasteiger partial charge in [-0.3, -0.25) is 4.79 Å². The summed E-state index contributed by atoms with van der Waals surface area (Å²) in [6.45, 7) is 3.76. The number of nitrogens with zero attached hydrogens (tertiary/aromatic N) is 1. The molecule has 1 saturated heterocycles. The van der Waals surface area contributed by atoms with E-state index in [1.54, 1.807) is 0 Å². The van der Waals surface area contributed by atoms with Gasteiger partial charge >= 0.3 is 0 Å². The maximum absolute atomic E-state index is 11.2. The van der Waals surface area contributed by atoms with Gasteiger partial charge in [-0.05, 0) is 0 Å². The van der Waals surface area contributed by atoms with E-state index >= 15 is 0 Å². The lowest BCUT2D eigenvalue weighted by atomic mass is 10.3. The number of nitrogens with two attached hydrogens (primary N) is 1. The summed E-state index contributed by atoms with van der Waals surface area (Å²) in [5, 5.41) is 3.16. The van der Waals surface area contributed by atoms with Gasteiger partial charge in [-0.15, -0.1) is 0 Å². The second-order valence-corrected chi connectivity index (χ2v) is 2.67. The largest absolute Gasteiger partial charge is 0.340 e. The van der Waals surface area contributed by atoms with Crippen molar-refractivity contribution in [2.24, 2.45) is 5.73 Å². The molecule has 0 bridgehead atoms. The first-order valence-electron chi connectivity index (χ1n) is 4.03. The van der Waals surface area contributed by atoms with Crippen molar-refractivity contribution in [1.82, 2.24) is 10.2 Å². The molecule has 1 aliphatic rings. The van der Waals surface area contributed by atoms with Crippen LogP contribution in [0.25, 0.3) is 0 Å². The molecule has 64 valence electrons. The van der Waals surface area contributed by atoms with Crippen molar-refractivity contribution in [2.75, 3.05) is 32.7 Å². The molecule has 0 atom stereocenters. The number of carbonyl (C=O) groups is 1. The maximum atomic E-state index is 11.2. The molecule has 0 saturated carbocycles. The lowest BCUT2D eigenvalue weighted by Crippen LogP contribution is -2.36. The smallest absolute Gasteiger partial charge is 0.223 e. The van der Waals surface area contributed by atoms with Gasteiger partial charge in [0.1, 0.15) is 0 Å². The summed E-state index contributed by atoms with van der Waals surface area (Å²) in [5.74, 6) is 0.223. The Bertz CT molecular complexity index is 138. The molecular formula is C7H15N3O. The minimum atomic E-state index is 0.223. The molecular weight excluding hydrogens is 142 g/mol. The standard InChI is InChI=1S/C7H15N3O/c8-2-5-10-6-4-9-3-1-7(10)11/h9H,1-6,8H2. The number of hydrogen-bond acceptors (Lipinski definition) is 3. The molecule has 0 radical (unpaired) electrons. The van der Waals surface area contributed by atoms with E-state index in [-0.39, 0.29) is 5.91 Å². The van der Waals surface area contributed by atoms with Gasteiger partial charge in [-0.1, -0.05) is 0 Å². The first-order valence-corrected chi connectivity index (χ1v) is 4.03. The number of carbonyl (C=O) groups excluding carboxylic acids is 1. The average molecular weight is 157 g/mol. The van der Waals surface area contributed by atoms with Crippen molar-refractivity contribution >= 4 is 5.91 Å². The molecule has 4 heteroatoms. The molecule has 1 amide bonds. The number of rotatable bonds is 2. The van der Waals surface area contributed by atoms with Crippen LogP contribution in [0, 0.1) is 0 Å². The lowest BCUT2D eigenvalue weighted by Gasteiger charge is -2.18. The Morgan fingerprint density at radius 3 is 3.09 bits per heavy atom. The van der Waals surface area contributed by atoms with Crippen molar-refractivity contribution in [1.29, 1.82) is 0 Å². The molecule has 0 spiro atoms. The van der Waals surface area contributed by atoms with Crippen molar-refractivity contribution < 1.29 is 4.79 Å². The van der Waals surface area contributed by atoms with Crippen LogP contribution < -0.4 is 11.1 Å². The van der Waals surface area contributed by atoms with Crippen LogP contribution in [0.3, 0.4) is 0 Å². The molecule has 0 aromatic heterocycles. The minimum absolute atomic E-state index is 0.223. The van der Waals surface area contributed by atoms with Crippen molar-refractivity contribution in [3.8, 4) is 0 Å². The van der Waals surface area contributed by atoms with Crippen molar-refractivity contribution in [3.05, 3.63) is 0 Å². The number of nitrogens with one attached hydrogen (secondary N) is 1. The second kappa shape index (κ2) is 4.31. The summed E-state index contributed by atoms with van der Waals surface area (Å²) < 4.78 is 0. The van der Waals surface area contributed by atoms with Gasteiger partial charge in [0.05, 0.1) is 0 Å². The summed E-state index contributed by atoms with van der Waals surface area (Å²) >= 11 is 0. The first kappa shape index (κ1) is 8.49. The van der Waals surface area contributed by atoms with Crippen LogP contribution in [0.1, 0.15) is 6.42 Å². The van der Waals surface area contributed by atoms with Crippen molar-refractivity contribution in [2.45, 2.75) is 6.42 Å². The molecule has 0 aliphatic carbocycles. The van der Waals surface area contributed by atoms with E-state index in [1.807, 2.05) is 4.90 Å². The zero-order valence-electron chi connectivity index (χ0n) is 6.68. The molecule has 1 aliphatic heterocycles. The third kappa shape index (κ3) is 2.48. The summed E-state index contributed by atoms with van der Waals surface area (Å²) in [7, 11) is 0. The monoisotopic (exact) mass is 157 g/mol. The Hall–Kier alpha value is -0.610. The van der Waals surface area contributed by atoms with Crippen molar-refractivity contribution in [3.63, 3.8) is 0 Å². The van der Waals surface area contributed by atoms with Crippen LogP contribution in [-0.2, 0) is 4.79 Å². The molecule has 4 nitrogen and oxygen atoms in total. The summed E-state index contributed by atoms with van der Waals surface area (Å²) in [6, 6.07) is 0. The Balaban J connectivity index is 2.39. The number of hydrogen-bond donors (Lipinski definition) is 2. The SMILES string of the molecule is NCCN1CCNCCC1=O. The van der Waals surface area contributed by atoms with E-state index in [4.69, 9.17) is 5.73 Å². The fourth-order valence-corrected chi connectivity index (χ4v) is 1.21. The van der Waals surface area contributed by atoms with E-state index < -0.39 is 0 Å². The fraction of sp³-hybridized carbons (Fsp3) is 0.857. The van der Waals surface area contributed by atoms with Gasteiger partial charge < -0.3 is 16.0 Å². The fourth-order valence-electron chi connectivity index (χ4n) is 1.21. The Morgan fingerprint density at radius 1 is 1.55 bits per heavy atom. The van der Waals surface area contributed by atoms with Gasteiger partial charge in [0.25, 0.3) is 0 Å². The molecule has 0 aromatic carbocycles. The van der Waals surface area contributed by atoms with Crippen LogP contribution in [0.2, 0.25) is 0 Å². The highest BCUT2D eigenvalue weighted by Gasteiger charge is 2.14. The molecule has 11 heavy (non-hydrogen) atoms. The lowest BCUT2D eigenvalue weighted by molar-refractivity contribution is -0.130. The van der Waals surface area contributed by atoms with E-state index in [2.05, 4.69) is 5.32 Å². The van der Waals surface area contributed by atoms with Gasteiger partial charge in [0, 0.05) is 39.1 Å². The van der Waals surface area contributed by atoms with E-state index in [0.29, 0.717) is 19.5 Å². The molecule has 0 aromatic rings. The molecule has 1 fully saturated rings. The van der Waals surface area contributed by atoms with E-state index in [9.17, 15) is 4.79 Å². The zero-order chi connectivity index (χ0) is 8.10. The highest BCUT2D eigenvalue weighted by atomic mass is 16.2. The molecule has 0 unspecified atom stereocenters. The van der Waals surface area contributed by atoms with Gasteiger partial charge in [-0.25, -0.2) is 0 Å². The average Bonchev–Trinajstić information content (AvgIpc) is 2.18. The predicted molar refractivity (Wildman–Crippen MR) is 43.1 cm³/mol. The van der Waals surface area contributed by atoms with Crippen LogP contribution in [0.5, 0.6) is 0 Å². The normalized spacial score (nSPS) is 20.1. The summed E-state index contributed by atoms with van der Waals surface area (Å²) in [5.41, 5.74) is 5.36. The third-order valence-corrected chi connectivity index (χ3v) is 1.83. The van der Waals surface area contributed by atoms with Crippen LogP contribution in [0.4, 0.5) is 0 Å². The van der Waals surface area contributed by atoms with Crippen LogP contribution in [-0.4, -0.2) is 43.5 Å². The zero-order valence-corrected chi connectivity index (χ0v) is 6.68. The second-order valence-electron chi connectivity index (χ2n) is 2.67. The molecule has 1 rings (SSSR count). The molecule has 1 heterocycles. The maximum Gasteiger partial charge on any atom is 0.223 e. The van der Waals surface area contributed by atoms with Gasteiger partial charge in [0.15, 0.2) is 0 Å². The van der Waals surface area contributed by atoms with E-state index in [0.717, 1.165) is 19.6 Å². The minimum Gasteiger partial charge on any atom is -0.340 e. The highest BCUT2D eigenvalue weighted by molar-refractivity contribution is 5.76. The van der Waals surface area contributed by atoms with E-state index in [1.165, 1.54) is 0 Å².